The van der Waals surface area contributed by atoms with Crippen molar-refractivity contribution in [1.82, 2.24) is 0 Å². The number of carbonyl (C=O) groups is 2. The van der Waals surface area contributed by atoms with E-state index in [1.807, 2.05) is 42.8 Å². The van der Waals surface area contributed by atoms with Crippen LogP contribution < -0.4 is 0 Å². The molecule has 0 aliphatic carbocycles. The number of ether oxygens (including phenoxy) is 1. The Morgan fingerprint density at radius 3 is 1.77 bits per heavy atom. The van der Waals surface area contributed by atoms with Gasteiger partial charge in [-0.3, -0.25) is 9.59 Å². The largest absolute Gasteiger partial charge is 0.481 e. The van der Waals surface area contributed by atoms with Crippen molar-refractivity contribution in [3.63, 3.8) is 0 Å². The Morgan fingerprint density at radius 1 is 1.00 bits per heavy atom. The van der Waals surface area contributed by atoms with E-state index in [0.29, 0.717) is 12.8 Å². The molecule has 1 N–H and O–H groups in total. The number of aliphatic carboxylic acids is 1. The van der Waals surface area contributed by atoms with Crippen LogP contribution in [0.4, 0.5) is 0 Å². The van der Waals surface area contributed by atoms with Crippen LogP contribution in [0.1, 0.15) is 43.9 Å². The van der Waals surface area contributed by atoms with Crippen LogP contribution in [0.5, 0.6) is 0 Å². The summed E-state index contributed by atoms with van der Waals surface area (Å²) >= 11 is 3.31. The van der Waals surface area contributed by atoms with Crippen molar-refractivity contribution in [2.75, 3.05) is 7.11 Å². The van der Waals surface area contributed by atoms with Gasteiger partial charge in [-0.25, -0.2) is 0 Å². The summed E-state index contributed by atoms with van der Waals surface area (Å²) in [6, 6.07) is 7.99. The van der Waals surface area contributed by atoms with Crippen molar-refractivity contribution in [2.45, 2.75) is 47.0 Å². The third-order valence-corrected chi connectivity index (χ3v) is 5.72. The summed E-state index contributed by atoms with van der Waals surface area (Å²) in [5, 5.41) is 12.8. The SMILES string of the molecule is C.CCC(Cc1cccs1)C(=O)O.CCC(Cc1cccs1)C(=O)OC. The van der Waals surface area contributed by atoms with Crippen molar-refractivity contribution in [3.8, 4) is 0 Å². The quantitative estimate of drug-likeness (QED) is 0.594. The zero-order valence-corrected chi connectivity index (χ0v) is 16.6. The molecule has 2 aromatic heterocycles. The van der Waals surface area contributed by atoms with E-state index in [1.54, 1.807) is 22.7 Å². The van der Waals surface area contributed by atoms with Gasteiger partial charge in [-0.1, -0.05) is 33.4 Å². The molecule has 0 fully saturated rings. The summed E-state index contributed by atoms with van der Waals surface area (Å²) < 4.78 is 4.72. The van der Waals surface area contributed by atoms with E-state index in [2.05, 4.69) is 6.07 Å². The number of methoxy groups -OCH3 is 1. The highest BCUT2D eigenvalue weighted by atomic mass is 32.1. The van der Waals surface area contributed by atoms with Crippen LogP contribution in [0.15, 0.2) is 35.0 Å². The number of rotatable bonds is 8. The first-order valence-corrected chi connectivity index (χ1v) is 10.1. The van der Waals surface area contributed by atoms with Crippen LogP contribution >= 0.6 is 22.7 Å². The molecule has 6 heteroatoms. The lowest BCUT2D eigenvalue weighted by Gasteiger charge is -2.10. The smallest absolute Gasteiger partial charge is 0.309 e. The van der Waals surface area contributed by atoms with E-state index in [4.69, 9.17) is 9.84 Å². The molecule has 2 heterocycles. The number of carboxylic acid groups (broad SMARTS) is 1. The topological polar surface area (TPSA) is 63.6 Å². The molecule has 0 aliphatic rings. The van der Waals surface area contributed by atoms with Gasteiger partial charge in [-0.15, -0.1) is 22.7 Å². The van der Waals surface area contributed by atoms with Gasteiger partial charge in [0, 0.05) is 9.75 Å². The molecule has 0 saturated heterocycles. The van der Waals surface area contributed by atoms with Crippen molar-refractivity contribution in [3.05, 3.63) is 44.8 Å². The average Bonchev–Trinajstić information content (AvgIpc) is 3.30. The molecule has 2 rings (SSSR count). The van der Waals surface area contributed by atoms with E-state index in [1.165, 1.54) is 12.0 Å². The Morgan fingerprint density at radius 2 is 1.46 bits per heavy atom. The Hall–Kier alpha value is -1.66. The van der Waals surface area contributed by atoms with Crippen molar-refractivity contribution >= 4 is 34.6 Å². The van der Waals surface area contributed by atoms with Gasteiger partial charge in [-0.2, -0.15) is 0 Å². The summed E-state index contributed by atoms with van der Waals surface area (Å²) in [6.45, 7) is 3.92. The lowest BCUT2D eigenvalue weighted by molar-refractivity contribution is -0.145. The molecule has 0 radical (unpaired) electrons. The fraction of sp³-hybridized carbons (Fsp3) is 0.500. The number of thiophene rings is 2. The van der Waals surface area contributed by atoms with E-state index in [0.717, 1.165) is 17.7 Å². The monoisotopic (exact) mass is 398 g/mol. The maximum Gasteiger partial charge on any atom is 0.309 e. The summed E-state index contributed by atoms with van der Waals surface area (Å²) in [7, 11) is 1.44. The molecular formula is C20H30O4S2. The number of esters is 1. The molecule has 4 nitrogen and oxygen atoms in total. The lowest BCUT2D eigenvalue weighted by atomic mass is 10.0. The molecule has 146 valence electrons. The van der Waals surface area contributed by atoms with Gasteiger partial charge >= 0.3 is 11.9 Å². The van der Waals surface area contributed by atoms with Crippen molar-refractivity contribution in [2.24, 2.45) is 11.8 Å². The Labute approximate surface area is 164 Å². The minimum Gasteiger partial charge on any atom is -0.481 e. The Balaban J connectivity index is 0.000000464. The number of hydrogen-bond acceptors (Lipinski definition) is 5. The van der Waals surface area contributed by atoms with Crippen LogP contribution in [0.2, 0.25) is 0 Å². The fourth-order valence-corrected chi connectivity index (χ4v) is 3.88. The number of hydrogen-bond donors (Lipinski definition) is 1. The van der Waals surface area contributed by atoms with E-state index >= 15 is 0 Å². The molecule has 0 aromatic carbocycles. The Kier molecular flexibility index (Phi) is 12.7. The van der Waals surface area contributed by atoms with Gasteiger partial charge < -0.3 is 9.84 Å². The molecule has 2 atom stereocenters. The van der Waals surface area contributed by atoms with Crippen molar-refractivity contribution < 1.29 is 19.4 Å². The first-order valence-electron chi connectivity index (χ1n) is 8.37. The molecule has 0 bridgehead atoms. The maximum absolute atomic E-state index is 11.3. The zero-order valence-electron chi connectivity index (χ0n) is 14.9. The minimum absolute atomic E-state index is 0. The first-order chi connectivity index (χ1) is 12.0. The minimum atomic E-state index is -0.689. The van der Waals surface area contributed by atoms with E-state index in [9.17, 15) is 9.59 Å². The lowest BCUT2D eigenvalue weighted by Crippen LogP contribution is -2.17. The third-order valence-electron chi connectivity index (χ3n) is 3.92. The fourth-order valence-electron chi connectivity index (χ4n) is 2.31. The second kappa shape index (κ2) is 13.5. The average molecular weight is 399 g/mol. The normalized spacial score (nSPS) is 12.1. The third kappa shape index (κ3) is 8.63. The predicted molar refractivity (Wildman–Crippen MR) is 110 cm³/mol. The van der Waals surface area contributed by atoms with Crippen LogP contribution in [0.25, 0.3) is 0 Å². The Bertz CT molecular complexity index is 606. The molecule has 0 amide bonds. The first kappa shape index (κ1) is 24.3. The summed E-state index contributed by atoms with van der Waals surface area (Å²) in [5.74, 6) is -0.992. The van der Waals surface area contributed by atoms with Gasteiger partial charge in [0.1, 0.15) is 0 Å². The van der Waals surface area contributed by atoms with Gasteiger partial charge in [0.25, 0.3) is 0 Å². The van der Waals surface area contributed by atoms with E-state index < -0.39 is 5.97 Å². The summed E-state index contributed by atoms with van der Waals surface area (Å²) in [6.07, 6.45) is 3.02. The summed E-state index contributed by atoms with van der Waals surface area (Å²) in [4.78, 5) is 24.3. The second-order valence-corrected chi connectivity index (χ2v) is 7.70. The molecule has 26 heavy (non-hydrogen) atoms. The predicted octanol–water partition coefficient (Wildman–Crippen LogP) is 5.53. The second-order valence-electron chi connectivity index (χ2n) is 5.64. The molecule has 2 aromatic rings. The van der Waals surface area contributed by atoms with Gasteiger partial charge in [0.2, 0.25) is 0 Å². The summed E-state index contributed by atoms with van der Waals surface area (Å²) in [5.41, 5.74) is 0. The highest BCUT2D eigenvalue weighted by molar-refractivity contribution is 7.10. The highest BCUT2D eigenvalue weighted by Gasteiger charge is 2.17. The van der Waals surface area contributed by atoms with Crippen LogP contribution in [-0.2, 0) is 27.2 Å². The standard InChI is InChI=1S/C10H14O2S.C9H12O2S.CH4/c1-3-8(10(11)12-2)7-9-5-4-6-13-9;1-2-7(9(10)11)6-8-4-3-5-12-8;/h4-6,8H,3,7H2,1-2H3;3-5,7H,2,6H2,1H3,(H,10,11);1H4. The van der Waals surface area contributed by atoms with Crippen molar-refractivity contribution in [1.29, 1.82) is 0 Å². The maximum atomic E-state index is 11.3. The molecule has 0 saturated carbocycles. The highest BCUT2D eigenvalue weighted by Crippen LogP contribution is 2.18. The molecular weight excluding hydrogens is 368 g/mol. The molecule has 0 spiro atoms. The number of carboxylic acids is 1. The number of carbonyl (C=O) groups excluding carboxylic acids is 1. The molecule has 0 aliphatic heterocycles. The van der Waals surface area contributed by atoms with Crippen LogP contribution in [0.3, 0.4) is 0 Å². The van der Waals surface area contributed by atoms with E-state index in [-0.39, 0.29) is 25.2 Å². The van der Waals surface area contributed by atoms with Crippen LogP contribution in [0, 0.1) is 11.8 Å². The zero-order chi connectivity index (χ0) is 18.7. The van der Waals surface area contributed by atoms with Gasteiger partial charge in [0.15, 0.2) is 0 Å². The van der Waals surface area contributed by atoms with Gasteiger partial charge in [-0.05, 0) is 48.6 Å². The molecule has 2 unspecified atom stereocenters. The van der Waals surface area contributed by atoms with Gasteiger partial charge in [0.05, 0.1) is 18.9 Å². The van der Waals surface area contributed by atoms with Crippen LogP contribution in [-0.4, -0.2) is 24.2 Å².